The Balaban J connectivity index is 0.00000144. The Morgan fingerprint density at radius 2 is 2.00 bits per heavy atom. The molecule has 4 heteroatoms. The van der Waals surface area contributed by atoms with Gasteiger partial charge in [0, 0.05) is 11.4 Å². The van der Waals surface area contributed by atoms with E-state index in [0.29, 0.717) is 6.42 Å². The molecule has 0 spiro atoms. The minimum absolute atomic E-state index is 0. The van der Waals surface area contributed by atoms with E-state index in [1.54, 1.807) is 0 Å². The van der Waals surface area contributed by atoms with E-state index in [-0.39, 0.29) is 18.2 Å². The average molecular weight is 219 g/mol. The molecule has 0 aliphatic heterocycles. The van der Waals surface area contributed by atoms with Crippen LogP contribution in [0.25, 0.3) is 0 Å². The Kier molecular flexibility index (Phi) is 5.51. The van der Waals surface area contributed by atoms with E-state index in [0.717, 1.165) is 17.0 Å². The van der Waals surface area contributed by atoms with E-state index >= 15 is 0 Å². The molecule has 3 N–H and O–H groups in total. The standard InChI is InChI=1S/C9H11ClN2.ClH/c10-8-4-2-1-3-7(8)5-6-9(11)12;/h1-4H,5-6H2,(H3,11,12);1H. The molecule has 2 nitrogen and oxygen atoms in total. The maximum absolute atomic E-state index is 7.05. The van der Waals surface area contributed by atoms with Gasteiger partial charge >= 0.3 is 0 Å². The fourth-order valence-corrected chi connectivity index (χ4v) is 1.20. The molecule has 0 fully saturated rings. The van der Waals surface area contributed by atoms with E-state index in [2.05, 4.69) is 0 Å². The molecule has 0 unspecified atom stereocenters. The second-order valence-corrected chi connectivity index (χ2v) is 3.02. The Hall–Kier alpha value is -0.730. The molecule has 0 aliphatic carbocycles. The Morgan fingerprint density at radius 1 is 1.38 bits per heavy atom. The maximum atomic E-state index is 7.05. The van der Waals surface area contributed by atoms with Gasteiger partial charge in [-0.15, -0.1) is 12.4 Å². The average Bonchev–Trinajstić information content (AvgIpc) is 2.03. The van der Waals surface area contributed by atoms with Crippen LogP contribution in [0.15, 0.2) is 24.3 Å². The first-order valence-corrected chi connectivity index (χ1v) is 4.14. The summed E-state index contributed by atoms with van der Waals surface area (Å²) in [6.45, 7) is 0. The summed E-state index contributed by atoms with van der Waals surface area (Å²) in [6, 6.07) is 7.61. The predicted octanol–water partition coefficient (Wildman–Crippen LogP) is 2.63. The quantitative estimate of drug-likeness (QED) is 0.595. The van der Waals surface area contributed by atoms with Crippen molar-refractivity contribution < 1.29 is 0 Å². The van der Waals surface area contributed by atoms with Crippen molar-refractivity contribution in [1.82, 2.24) is 0 Å². The van der Waals surface area contributed by atoms with Crippen molar-refractivity contribution in [2.75, 3.05) is 0 Å². The third kappa shape index (κ3) is 4.15. The molecule has 0 heterocycles. The van der Waals surface area contributed by atoms with Crippen LogP contribution in [0.3, 0.4) is 0 Å². The van der Waals surface area contributed by atoms with Crippen LogP contribution in [0.4, 0.5) is 0 Å². The molecule has 0 bridgehead atoms. The Morgan fingerprint density at radius 3 is 2.54 bits per heavy atom. The highest BCUT2D eigenvalue weighted by atomic mass is 35.5. The monoisotopic (exact) mass is 218 g/mol. The van der Waals surface area contributed by atoms with Gasteiger partial charge < -0.3 is 5.73 Å². The van der Waals surface area contributed by atoms with Gasteiger partial charge in [0.1, 0.15) is 0 Å². The van der Waals surface area contributed by atoms with E-state index < -0.39 is 0 Å². The van der Waals surface area contributed by atoms with Gasteiger partial charge in [-0.2, -0.15) is 0 Å². The van der Waals surface area contributed by atoms with Gasteiger partial charge in [0.05, 0.1) is 5.84 Å². The predicted molar refractivity (Wildman–Crippen MR) is 58.9 cm³/mol. The van der Waals surface area contributed by atoms with Crippen LogP contribution >= 0.6 is 24.0 Å². The lowest BCUT2D eigenvalue weighted by Gasteiger charge is -2.01. The van der Waals surface area contributed by atoms with Crippen molar-refractivity contribution in [2.45, 2.75) is 12.8 Å². The van der Waals surface area contributed by atoms with Crippen LogP contribution in [0.2, 0.25) is 5.02 Å². The Bertz CT molecular complexity index is 287. The maximum Gasteiger partial charge on any atom is 0.0908 e. The van der Waals surface area contributed by atoms with Crippen LogP contribution in [-0.4, -0.2) is 5.84 Å². The number of nitrogens with two attached hydrogens (primary N) is 1. The zero-order chi connectivity index (χ0) is 8.97. The lowest BCUT2D eigenvalue weighted by Crippen LogP contribution is -2.10. The number of amidine groups is 1. The van der Waals surface area contributed by atoms with E-state index in [1.807, 2.05) is 24.3 Å². The van der Waals surface area contributed by atoms with Gasteiger partial charge in [0.25, 0.3) is 0 Å². The van der Waals surface area contributed by atoms with Crippen molar-refractivity contribution in [3.63, 3.8) is 0 Å². The number of rotatable bonds is 3. The number of benzene rings is 1. The normalized spacial score (nSPS) is 9.00. The molecular weight excluding hydrogens is 207 g/mol. The van der Waals surface area contributed by atoms with E-state index in [1.165, 1.54) is 0 Å². The number of halogens is 2. The number of hydrogen-bond acceptors (Lipinski definition) is 1. The Labute approximate surface area is 89.0 Å². The van der Waals surface area contributed by atoms with Crippen molar-refractivity contribution in [2.24, 2.45) is 5.73 Å². The molecule has 72 valence electrons. The molecule has 0 atom stereocenters. The lowest BCUT2D eigenvalue weighted by atomic mass is 10.1. The highest BCUT2D eigenvalue weighted by molar-refractivity contribution is 6.31. The van der Waals surface area contributed by atoms with Gasteiger partial charge in [0.2, 0.25) is 0 Å². The fourth-order valence-electron chi connectivity index (χ4n) is 0.970. The molecule has 0 aliphatic rings. The molecule has 1 rings (SSSR count). The molecule has 1 aromatic rings. The number of aryl methyl sites for hydroxylation is 1. The smallest absolute Gasteiger partial charge is 0.0908 e. The third-order valence-corrected chi connectivity index (χ3v) is 1.99. The van der Waals surface area contributed by atoms with Crippen molar-refractivity contribution in [3.05, 3.63) is 34.9 Å². The number of hydrogen-bond donors (Lipinski definition) is 2. The lowest BCUT2D eigenvalue weighted by molar-refractivity contribution is 1.02. The molecule has 0 amide bonds. The fraction of sp³-hybridized carbons (Fsp3) is 0.222. The molecule has 13 heavy (non-hydrogen) atoms. The molecule has 0 aromatic heterocycles. The summed E-state index contributed by atoms with van der Waals surface area (Å²) in [7, 11) is 0. The van der Waals surface area contributed by atoms with Crippen LogP contribution in [0, 0.1) is 5.41 Å². The van der Waals surface area contributed by atoms with Crippen LogP contribution in [0.5, 0.6) is 0 Å². The van der Waals surface area contributed by atoms with Gasteiger partial charge in [-0.1, -0.05) is 29.8 Å². The SMILES string of the molecule is Cl.N=C(N)CCc1ccccc1Cl. The van der Waals surface area contributed by atoms with Crippen molar-refractivity contribution >= 4 is 29.8 Å². The van der Waals surface area contributed by atoms with Crippen LogP contribution in [-0.2, 0) is 6.42 Å². The molecule has 0 saturated carbocycles. The van der Waals surface area contributed by atoms with E-state index in [9.17, 15) is 0 Å². The van der Waals surface area contributed by atoms with Gasteiger partial charge in [-0.05, 0) is 18.1 Å². The summed E-state index contributed by atoms with van der Waals surface area (Å²) in [6.07, 6.45) is 1.32. The zero-order valence-corrected chi connectivity index (χ0v) is 8.66. The first-order valence-electron chi connectivity index (χ1n) is 3.76. The second kappa shape index (κ2) is 5.84. The zero-order valence-electron chi connectivity index (χ0n) is 7.09. The minimum Gasteiger partial charge on any atom is -0.388 e. The highest BCUT2D eigenvalue weighted by Gasteiger charge is 1.98. The highest BCUT2D eigenvalue weighted by Crippen LogP contribution is 2.16. The van der Waals surface area contributed by atoms with Gasteiger partial charge in [-0.3, -0.25) is 5.41 Å². The van der Waals surface area contributed by atoms with Crippen molar-refractivity contribution in [3.8, 4) is 0 Å². The third-order valence-electron chi connectivity index (χ3n) is 1.62. The molecule has 0 radical (unpaired) electrons. The summed E-state index contributed by atoms with van der Waals surface area (Å²) in [5.41, 5.74) is 6.28. The summed E-state index contributed by atoms with van der Waals surface area (Å²) >= 11 is 5.90. The first kappa shape index (κ1) is 12.3. The molecular formula is C9H12Cl2N2. The summed E-state index contributed by atoms with van der Waals surface area (Å²) in [5, 5.41) is 7.80. The molecule has 1 aromatic carbocycles. The van der Waals surface area contributed by atoms with Crippen LogP contribution in [0.1, 0.15) is 12.0 Å². The van der Waals surface area contributed by atoms with Crippen LogP contribution < -0.4 is 5.73 Å². The first-order chi connectivity index (χ1) is 5.70. The second-order valence-electron chi connectivity index (χ2n) is 2.62. The number of nitrogens with one attached hydrogen (secondary N) is 1. The van der Waals surface area contributed by atoms with Gasteiger partial charge in [-0.25, -0.2) is 0 Å². The van der Waals surface area contributed by atoms with E-state index in [4.69, 9.17) is 22.7 Å². The molecule has 0 saturated heterocycles. The van der Waals surface area contributed by atoms with Gasteiger partial charge in [0.15, 0.2) is 0 Å². The topological polar surface area (TPSA) is 49.9 Å². The summed E-state index contributed by atoms with van der Waals surface area (Å²) in [5.74, 6) is 0.204. The van der Waals surface area contributed by atoms with Crippen molar-refractivity contribution in [1.29, 1.82) is 5.41 Å². The largest absolute Gasteiger partial charge is 0.388 e. The summed E-state index contributed by atoms with van der Waals surface area (Å²) < 4.78 is 0. The minimum atomic E-state index is 0. The summed E-state index contributed by atoms with van der Waals surface area (Å²) in [4.78, 5) is 0.